The van der Waals surface area contributed by atoms with Gasteiger partial charge in [-0.2, -0.15) is 0 Å². The number of carbonyl (C=O) groups excluding carboxylic acids is 1. The number of benzene rings is 3. The Bertz CT molecular complexity index is 1310. The van der Waals surface area contributed by atoms with Crippen LogP contribution in [0.4, 0.5) is 0 Å². The van der Waals surface area contributed by atoms with Gasteiger partial charge in [0.1, 0.15) is 0 Å². The molecule has 0 aliphatic rings. The number of aromatic amines is 1. The van der Waals surface area contributed by atoms with Crippen LogP contribution in [0.25, 0.3) is 22.9 Å². The van der Waals surface area contributed by atoms with Gasteiger partial charge in [-0.1, -0.05) is 54.1 Å². The van der Waals surface area contributed by atoms with Gasteiger partial charge in [0.15, 0.2) is 5.78 Å². The molecule has 3 nitrogen and oxygen atoms in total. The van der Waals surface area contributed by atoms with E-state index in [9.17, 15) is 9.59 Å². The predicted octanol–water partition coefficient (Wildman–Crippen LogP) is 3.74. The van der Waals surface area contributed by atoms with Crippen LogP contribution in [0.2, 0.25) is 5.02 Å². The van der Waals surface area contributed by atoms with Crippen LogP contribution in [0.15, 0.2) is 71.5 Å². The van der Waals surface area contributed by atoms with E-state index in [0.29, 0.717) is 19.8 Å². The Kier molecular flexibility index (Phi) is 4.75. The van der Waals surface area contributed by atoms with E-state index in [1.165, 1.54) is 17.4 Å². The molecule has 0 unspecified atom stereocenters. The van der Waals surface area contributed by atoms with E-state index in [0.717, 1.165) is 16.3 Å². The largest absolute Gasteiger partial charge is 0.313 e. The number of carbonyl (C=O) groups is 1. The first-order valence-corrected chi connectivity index (χ1v) is 9.50. The summed E-state index contributed by atoms with van der Waals surface area (Å²) in [4.78, 5) is 27.4. The van der Waals surface area contributed by atoms with Crippen molar-refractivity contribution in [3.63, 3.8) is 0 Å². The van der Waals surface area contributed by atoms with Gasteiger partial charge in [-0.25, -0.2) is 0 Å². The van der Waals surface area contributed by atoms with Crippen LogP contribution in [0.3, 0.4) is 0 Å². The Morgan fingerprint density at radius 1 is 0.963 bits per heavy atom. The number of nitrogens with one attached hydrogen (secondary N) is 1. The number of aromatic nitrogens is 1. The minimum atomic E-state index is -0.205. The molecule has 4 aromatic rings. The fourth-order valence-electron chi connectivity index (χ4n) is 2.86. The maximum atomic E-state index is 12.4. The van der Waals surface area contributed by atoms with Crippen LogP contribution in [-0.4, -0.2) is 10.8 Å². The summed E-state index contributed by atoms with van der Waals surface area (Å²) in [5.74, 6) is -0.180. The molecular formula is C22H14ClNO2S. The summed E-state index contributed by atoms with van der Waals surface area (Å²) >= 11 is 7.11. The van der Waals surface area contributed by atoms with Crippen molar-refractivity contribution in [2.24, 2.45) is 0 Å². The maximum absolute atomic E-state index is 12.4. The molecule has 5 heteroatoms. The summed E-state index contributed by atoms with van der Waals surface area (Å²) in [6.45, 7) is 0. The minimum Gasteiger partial charge on any atom is -0.313 e. The summed E-state index contributed by atoms with van der Waals surface area (Å²) in [5, 5.41) is 2.77. The second kappa shape index (κ2) is 7.35. The third-order valence-corrected chi connectivity index (χ3v) is 5.40. The molecule has 27 heavy (non-hydrogen) atoms. The van der Waals surface area contributed by atoms with Gasteiger partial charge in [-0.3, -0.25) is 9.59 Å². The highest BCUT2D eigenvalue weighted by Crippen LogP contribution is 2.18. The van der Waals surface area contributed by atoms with E-state index in [-0.39, 0.29) is 11.3 Å². The van der Waals surface area contributed by atoms with Gasteiger partial charge in [-0.05, 0) is 46.7 Å². The lowest BCUT2D eigenvalue weighted by Gasteiger charge is -2.00. The third kappa shape index (κ3) is 3.77. The molecule has 0 saturated carbocycles. The molecule has 0 fully saturated rings. The smallest absolute Gasteiger partial charge is 0.266 e. The number of hydrogen-bond acceptors (Lipinski definition) is 3. The average Bonchev–Trinajstić information content (AvgIpc) is 3.01. The van der Waals surface area contributed by atoms with Gasteiger partial charge in [0, 0.05) is 16.7 Å². The Hall–Kier alpha value is -2.95. The van der Waals surface area contributed by atoms with Crippen LogP contribution in [0, 0.1) is 0 Å². The molecule has 0 amide bonds. The van der Waals surface area contributed by atoms with Crippen molar-refractivity contribution in [1.29, 1.82) is 0 Å². The molecule has 0 saturated heterocycles. The fourth-order valence-corrected chi connectivity index (χ4v) is 3.86. The summed E-state index contributed by atoms with van der Waals surface area (Å²) in [6, 6.07) is 20.7. The van der Waals surface area contributed by atoms with Gasteiger partial charge >= 0.3 is 0 Å². The zero-order valence-corrected chi connectivity index (χ0v) is 15.7. The van der Waals surface area contributed by atoms with Gasteiger partial charge < -0.3 is 4.98 Å². The topological polar surface area (TPSA) is 49.9 Å². The normalized spacial score (nSPS) is 12.6. The zero-order valence-electron chi connectivity index (χ0n) is 14.1. The molecule has 3 aromatic carbocycles. The van der Waals surface area contributed by atoms with Crippen molar-refractivity contribution in [3.8, 4) is 0 Å². The lowest BCUT2D eigenvalue weighted by molar-refractivity contribution is 0.106. The Labute approximate surface area is 163 Å². The van der Waals surface area contributed by atoms with Crippen molar-refractivity contribution in [3.05, 3.63) is 102 Å². The number of Topliss-reactive ketones (excluding diaryl/α,β-unsaturated/α-hetero) is 1. The first-order valence-electron chi connectivity index (χ1n) is 8.30. The van der Waals surface area contributed by atoms with Gasteiger partial charge in [0.05, 0.1) is 9.20 Å². The summed E-state index contributed by atoms with van der Waals surface area (Å²) in [6.07, 6.45) is 3.30. The molecule has 1 N–H and O–H groups in total. The lowest BCUT2D eigenvalue weighted by atomic mass is 10.0. The summed E-state index contributed by atoms with van der Waals surface area (Å²) in [5.41, 5.74) is 1.28. The molecule has 0 aliphatic carbocycles. The number of rotatable bonds is 3. The molecule has 0 aliphatic heterocycles. The van der Waals surface area contributed by atoms with Crippen molar-refractivity contribution in [2.75, 3.05) is 0 Å². The highest BCUT2D eigenvalue weighted by Gasteiger charge is 2.04. The van der Waals surface area contributed by atoms with Crippen molar-refractivity contribution in [1.82, 2.24) is 4.98 Å². The Balaban J connectivity index is 1.77. The van der Waals surface area contributed by atoms with Crippen LogP contribution in [-0.2, 0) is 0 Å². The van der Waals surface area contributed by atoms with E-state index in [2.05, 4.69) is 4.98 Å². The molecule has 132 valence electrons. The number of thiazole rings is 1. The SMILES string of the molecule is O=C(/C=c1\[nH]c(=O)/c(=C\c2cccc3ccccc23)s1)c1ccc(Cl)cc1. The van der Waals surface area contributed by atoms with Crippen LogP contribution >= 0.6 is 22.9 Å². The van der Waals surface area contributed by atoms with E-state index in [1.807, 2.05) is 48.5 Å². The summed E-state index contributed by atoms with van der Waals surface area (Å²) in [7, 11) is 0. The van der Waals surface area contributed by atoms with Gasteiger partial charge in [-0.15, -0.1) is 11.3 Å². The second-order valence-electron chi connectivity index (χ2n) is 6.01. The quantitative estimate of drug-likeness (QED) is 0.541. The fraction of sp³-hybridized carbons (Fsp3) is 0. The number of ketones is 1. The monoisotopic (exact) mass is 391 g/mol. The molecule has 0 atom stereocenters. The van der Waals surface area contributed by atoms with Crippen molar-refractivity contribution in [2.45, 2.75) is 0 Å². The average molecular weight is 392 g/mol. The molecule has 0 bridgehead atoms. The van der Waals surface area contributed by atoms with Gasteiger partial charge in [0.2, 0.25) is 0 Å². The standard InChI is InChI=1S/C22H14ClNO2S/c23-17-10-8-15(9-11-17)19(25)13-21-24-22(26)20(27-21)12-16-6-3-5-14-4-1-2-7-18(14)16/h1-13H,(H,24,26)/b20-12+,21-13+. The van der Waals surface area contributed by atoms with Crippen LogP contribution < -0.4 is 14.8 Å². The first kappa shape index (κ1) is 17.5. The third-order valence-electron chi connectivity index (χ3n) is 4.18. The Morgan fingerprint density at radius 2 is 1.70 bits per heavy atom. The molecule has 1 heterocycles. The van der Waals surface area contributed by atoms with E-state index in [1.54, 1.807) is 24.3 Å². The zero-order chi connectivity index (χ0) is 18.8. The van der Waals surface area contributed by atoms with E-state index >= 15 is 0 Å². The predicted molar refractivity (Wildman–Crippen MR) is 112 cm³/mol. The molecule has 0 radical (unpaired) electrons. The number of H-pyrrole nitrogens is 1. The lowest BCUT2D eigenvalue weighted by Crippen LogP contribution is -2.20. The molecule has 4 rings (SSSR count). The number of hydrogen-bond donors (Lipinski definition) is 1. The Morgan fingerprint density at radius 3 is 2.52 bits per heavy atom. The van der Waals surface area contributed by atoms with Crippen molar-refractivity contribution < 1.29 is 4.79 Å². The van der Waals surface area contributed by atoms with Gasteiger partial charge in [0.25, 0.3) is 5.56 Å². The van der Waals surface area contributed by atoms with Crippen LogP contribution in [0.1, 0.15) is 15.9 Å². The second-order valence-corrected chi connectivity index (χ2v) is 7.53. The van der Waals surface area contributed by atoms with Crippen LogP contribution in [0.5, 0.6) is 0 Å². The molecule has 1 aromatic heterocycles. The molecule has 0 spiro atoms. The van der Waals surface area contributed by atoms with E-state index in [4.69, 9.17) is 11.6 Å². The molecular weight excluding hydrogens is 378 g/mol. The number of fused-ring (bicyclic) bond motifs is 1. The summed E-state index contributed by atoms with van der Waals surface area (Å²) < 4.78 is 1.08. The highest BCUT2D eigenvalue weighted by atomic mass is 35.5. The maximum Gasteiger partial charge on any atom is 0.266 e. The van der Waals surface area contributed by atoms with E-state index < -0.39 is 0 Å². The first-order chi connectivity index (χ1) is 13.1. The minimum absolute atomic E-state index is 0.180. The highest BCUT2D eigenvalue weighted by molar-refractivity contribution is 7.07. The number of halogens is 1. The van der Waals surface area contributed by atoms with Crippen molar-refractivity contribution >= 4 is 51.6 Å².